The number of ether oxygens (including phenoxy) is 3. The third kappa shape index (κ3) is 1.88. The summed E-state index contributed by atoms with van der Waals surface area (Å²) in [4.78, 5) is 0. The van der Waals surface area contributed by atoms with Gasteiger partial charge in [0.2, 0.25) is 0 Å². The zero-order valence-electron chi connectivity index (χ0n) is 11.0. The molecule has 0 bridgehead atoms. The molecule has 4 heteroatoms. The monoisotopic (exact) mass is 286 g/mol. The van der Waals surface area contributed by atoms with E-state index in [1.807, 2.05) is 13.8 Å². The molecule has 1 saturated heterocycles. The SMILES string of the molecule is CO[C](=[Cr])C1=C(C2=CCCC2)C2OC(C)(C)OC12. The number of hydrogen-bond acceptors (Lipinski definition) is 3. The first kappa shape index (κ1) is 12.8. The van der Waals surface area contributed by atoms with Crippen molar-refractivity contribution in [2.24, 2.45) is 0 Å². The minimum absolute atomic E-state index is 0.0210. The van der Waals surface area contributed by atoms with Crippen LogP contribution in [-0.2, 0) is 30.1 Å². The van der Waals surface area contributed by atoms with Crippen molar-refractivity contribution in [2.75, 3.05) is 7.11 Å². The van der Waals surface area contributed by atoms with Gasteiger partial charge in [0.05, 0.1) is 0 Å². The molecule has 1 fully saturated rings. The molecular formula is C14H18CrO3. The first-order chi connectivity index (χ1) is 8.53. The van der Waals surface area contributed by atoms with Crippen molar-refractivity contribution in [1.29, 1.82) is 0 Å². The van der Waals surface area contributed by atoms with Crippen LogP contribution in [0.15, 0.2) is 22.8 Å². The van der Waals surface area contributed by atoms with Gasteiger partial charge in [-0.2, -0.15) is 0 Å². The fourth-order valence-corrected chi connectivity index (χ4v) is 3.35. The Morgan fingerprint density at radius 2 is 2.11 bits per heavy atom. The summed E-state index contributed by atoms with van der Waals surface area (Å²) < 4.78 is 18.1. The van der Waals surface area contributed by atoms with Crippen molar-refractivity contribution in [2.45, 2.75) is 51.1 Å². The molecular weight excluding hydrogens is 268 g/mol. The van der Waals surface area contributed by atoms with E-state index in [0.717, 1.165) is 16.6 Å². The van der Waals surface area contributed by atoms with Gasteiger partial charge >= 0.3 is 116 Å². The van der Waals surface area contributed by atoms with Crippen LogP contribution in [0.25, 0.3) is 0 Å². The second-order valence-electron chi connectivity index (χ2n) is 5.42. The Kier molecular flexibility index (Phi) is 3.12. The van der Waals surface area contributed by atoms with Gasteiger partial charge in [0, 0.05) is 0 Å². The van der Waals surface area contributed by atoms with Gasteiger partial charge in [0.1, 0.15) is 0 Å². The molecule has 0 radical (unpaired) electrons. The molecule has 0 amide bonds. The summed E-state index contributed by atoms with van der Waals surface area (Å²) in [6, 6.07) is 0. The minimum atomic E-state index is -0.504. The Morgan fingerprint density at radius 1 is 1.39 bits per heavy atom. The molecule has 0 aromatic carbocycles. The summed E-state index contributed by atoms with van der Waals surface area (Å²) >= 11 is 3.00. The number of rotatable bonds is 3. The molecule has 0 N–H and O–H groups in total. The van der Waals surface area contributed by atoms with Crippen molar-refractivity contribution in [3.63, 3.8) is 0 Å². The molecule has 18 heavy (non-hydrogen) atoms. The summed E-state index contributed by atoms with van der Waals surface area (Å²) in [5, 5.41) is 0. The summed E-state index contributed by atoms with van der Waals surface area (Å²) in [5.74, 6) is -0.504. The second kappa shape index (κ2) is 4.40. The third-order valence-electron chi connectivity index (χ3n) is 3.75. The van der Waals surface area contributed by atoms with Gasteiger partial charge < -0.3 is 0 Å². The van der Waals surface area contributed by atoms with Gasteiger partial charge in [-0.05, 0) is 0 Å². The van der Waals surface area contributed by atoms with E-state index < -0.39 is 5.79 Å². The predicted molar refractivity (Wildman–Crippen MR) is 64.8 cm³/mol. The first-order valence-corrected chi connectivity index (χ1v) is 7.04. The molecule has 0 aromatic heterocycles. The zero-order chi connectivity index (χ0) is 12.9. The van der Waals surface area contributed by atoms with E-state index in [2.05, 4.69) is 21.9 Å². The van der Waals surface area contributed by atoms with E-state index in [1.165, 1.54) is 24.0 Å². The van der Waals surface area contributed by atoms with Crippen LogP contribution < -0.4 is 0 Å². The average Bonchev–Trinajstić information content (AvgIpc) is 2.90. The summed E-state index contributed by atoms with van der Waals surface area (Å²) in [6.07, 6.45) is 5.98. The average molecular weight is 286 g/mol. The maximum absolute atomic E-state index is 5.99. The van der Waals surface area contributed by atoms with E-state index in [-0.39, 0.29) is 12.2 Å². The van der Waals surface area contributed by atoms with Crippen molar-refractivity contribution in [1.82, 2.24) is 0 Å². The summed E-state index contributed by atoms with van der Waals surface area (Å²) in [7, 11) is 1.69. The number of hydrogen-bond donors (Lipinski definition) is 0. The topological polar surface area (TPSA) is 27.7 Å². The Morgan fingerprint density at radius 3 is 2.72 bits per heavy atom. The molecule has 1 heterocycles. The molecule has 2 unspecified atom stereocenters. The van der Waals surface area contributed by atoms with E-state index in [9.17, 15) is 0 Å². The van der Waals surface area contributed by atoms with Gasteiger partial charge in [-0.3, -0.25) is 0 Å². The van der Waals surface area contributed by atoms with Crippen molar-refractivity contribution in [3.8, 4) is 0 Å². The van der Waals surface area contributed by atoms with E-state index in [1.54, 1.807) is 7.11 Å². The van der Waals surface area contributed by atoms with Gasteiger partial charge in [0.25, 0.3) is 0 Å². The fourth-order valence-electron chi connectivity index (χ4n) is 3.00. The van der Waals surface area contributed by atoms with Gasteiger partial charge in [-0.15, -0.1) is 0 Å². The molecule has 3 rings (SSSR count). The predicted octanol–water partition coefficient (Wildman–Crippen LogP) is 2.25. The molecule has 3 aliphatic rings. The molecule has 2 atom stereocenters. The molecule has 0 saturated carbocycles. The number of allylic oxidation sites excluding steroid dienone is 1. The molecule has 0 aromatic rings. The first-order valence-electron chi connectivity index (χ1n) is 6.41. The van der Waals surface area contributed by atoms with Crippen LogP contribution in [-0.4, -0.2) is 29.7 Å². The maximum atomic E-state index is 5.99. The fraction of sp³-hybridized carbons (Fsp3) is 0.643. The second-order valence-corrected chi connectivity index (χ2v) is 6.00. The molecule has 98 valence electrons. The van der Waals surface area contributed by atoms with Gasteiger partial charge in [0.15, 0.2) is 0 Å². The standard InChI is InChI=1S/C14H18O3.Cr/c1-14(2)16-12-10(8-15-3)11(13(12)17-14)9-6-4-5-7-9;/h6,12-13H,4-5,7H2,1-3H3;. The number of methoxy groups -OCH3 is 1. The quantitative estimate of drug-likeness (QED) is 0.796. The van der Waals surface area contributed by atoms with Crippen molar-refractivity contribution in [3.05, 3.63) is 22.8 Å². The third-order valence-corrected chi connectivity index (χ3v) is 4.35. The zero-order valence-corrected chi connectivity index (χ0v) is 12.3. The summed E-state index contributed by atoms with van der Waals surface area (Å²) in [5.41, 5.74) is 3.86. The Labute approximate surface area is 116 Å². The van der Waals surface area contributed by atoms with Crippen LogP contribution in [0.1, 0.15) is 33.1 Å². The molecule has 0 spiro atoms. The van der Waals surface area contributed by atoms with E-state index in [0.29, 0.717) is 0 Å². The van der Waals surface area contributed by atoms with E-state index >= 15 is 0 Å². The Bertz CT molecular complexity index is 462. The van der Waals surface area contributed by atoms with Crippen LogP contribution in [0.5, 0.6) is 0 Å². The van der Waals surface area contributed by atoms with Crippen LogP contribution >= 0.6 is 0 Å². The van der Waals surface area contributed by atoms with Crippen LogP contribution in [0.4, 0.5) is 0 Å². The van der Waals surface area contributed by atoms with Crippen LogP contribution in [0, 0.1) is 0 Å². The van der Waals surface area contributed by atoms with Gasteiger partial charge in [-0.25, -0.2) is 0 Å². The Hall–Kier alpha value is -0.238. The summed E-state index contributed by atoms with van der Waals surface area (Å²) in [6.45, 7) is 3.94. The van der Waals surface area contributed by atoms with Crippen molar-refractivity contribution < 1.29 is 30.1 Å². The molecule has 3 nitrogen and oxygen atoms in total. The molecule has 1 aliphatic heterocycles. The number of fused-ring (bicyclic) bond motifs is 1. The normalized spacial score (nSPS) is 33.2. The van der Waals surface area contributed by atoms with Crippen LogP contribution in [0.2, 0.25) is 0 Å². The Balaban J connectivity index is 1.96. The van der Waals surface area contributed by atoms with Crippen molar-refractivity contribution >= 4 is 4.57 Å². The van der Waals surface area contributed by atoms with Crippen LogP contribution in [0.3, 0.4) is 0 Å². The van der Waals surface area contributed by atoms with Gasteiger partial charge in [-0.1, -0.05) is 0 Å². The molecule has 2 aliphatic carbocycles. The van der Waals surface area contributed by atoms with E-state index in [4.69, 9.17) is 14.2 Å².